The minimum absolute atomic E-state index is 0.0406. The first-order valence-corrected chi connectivity index (χ1v) is 10.1. The number of allylic oxidation sites excluding steroid dienone is 3. The van der Waals surface area contributed by atoms with Crippen LogP contribution in [0.3, 0.4) is 0 Å². The number of hydrogen-bond donors (Lipinski definition) is 0. The Morgan fingerprint density at radius 2 is 2.14 bits per heavy atom. The molecule has 0 spiro atoms. The van der Waals surface area contributed by atoms with Crippen molar-refractivity contribution < 1.29 is 13.2 Å². The lowest BCUT2D eigenvalue weighted by Crippen LogP contribution is -2.39. The summed E-state index contributed by atoms with van der Waals surface area (Å²) in [4.78, 5) is 14.7. The van der Waals surface area contributed by atoms with Gasteiger partial charge in [0.2, 0.25) is 0 Å². The van der Waals surface area contributed by atoms with Crippen LogP contribution in [0.5, 0.6) is 0 Å². The molecule has 0 radical (unpaired) electrons. The van der Waals surface area contributed by atoms with Gasteiger partial charge in [-0.1, -0.05) is 42.2 Å². The summed E-state index contributed by atoms with van der Waals surface area (Å²) in [6, 6.07) is -0.278. The molecule has 114 valence electrons. The van der Waals surface area contributed by atoms with Gasteiger partial charge in [0.1, 0.15) is 4.32 Å². The van der Waals surface area contributed by atoms with Gasteiger partial charge >= 0.3 is 0 Å². The summed E-state index contributed by atoms with van der Waals surface area (Å²) in [5, 5.41) is 0. The number of carbonyl (C=O) groups is 1. The minimum atomic E-state index is -3.02. The molecule has 21 heavy (non-hydrogen) atoms. The van der Waals surface area contributed by atoms with Crippen molar-refractivity contribution >= 4 is 44.0 Å². The number of carbonyl (C=O) groups excluding carboxylic acids is 1. The number of hydrogen-bond acceptors (Lipinski definition) is 5. The first-order valence-electron chi connectivity index (χ1n) is 7.09. The molecule has 1 aliphatic carbocycles. The van der Waals surface area contributed by atoms with E-state index in [0.717, 1.165) is 19.3 Å². The summed E-state index contributed by atoms with van der Waals surface area (Å²) < 4.78 is 23.7. The molecule has 0 bridgehead atoms. The van der Waals surface area contributed by atoms with E-state index in [9.17, 15) is 13.2 Å². The van der Waals surface area contributed by atoms with Crippen LogP contribution in [0.2, 0.25) is 0 Å². The highest BCUT2D eigenvalue weighted by molar-refractivity contribution is 8.26. The second-order valence-corrected chi connectivity index (χ2v) is 9.58. The Hall–Kier alpha value is -0.660. The summed E-state index contributed by atoms with van der Waals surface area (Å²) in [6.45, 7) is 0. The second kappa shape index (κ2) is 5.85. The number of sulfone groups is 1. The largest absolute Gasteiger partial charge is 0.289 e. The monoisotopic (exact) mass is 343 g/mol. The average Bonchev–Trinajstić information content (AvgIpc) is 2.91. The first-order chi connectivity index (χ1) is 9.96. The van der Waals surface area contributed by atoms with Gasteiger partial charge in [-0.15, -0.1) is 0 Å². The van der Waals surface area contributed by atoms with Crippen molar-refractivity contribution in [3.8, 4) is 0 Å². The van der Waals surface area contributed by atoms with Crippen molar-refractivity contribution in [1.82, 2.24) is 4.90 Å². The van der Waals surface area contributed by atoms with Gasteiger partial charge in [-0.3, -0.25) is 9.69 Å². The number of thiocarbonyl (C=S) groups is 1. The highest BCUT2D eigenvalue weighted by Gasteiger charge is 2.42. The van der Waals surface area contributed by atoms with Gasteiger partial charge in [0.05, 0.1) is 22.5 Å². The average molecular weight is 343 g/mol. The van der Waals surface area contributed by atoms with Gasteiger partial charge in [0.15, 0.2) is 9.84 Å². The fourth-order valence-electron chi connectivity index (χ4n) is 2.97. The molecule has 4 nitrogen and oxygen atoms in total. The molecule has 7 heteroatoms. The predicted molar refractivity (Wildman–Crippen MR) is 88.7 cm³/mol. The molecule has 2 heterocycles. The molecule has 0 saturated carbocycles. The van der Waals surface area contributed by atoms with Crippen molar-refractivity contribution in [3.63, 3.8) is 0 Å². The maximum absolute atomic E-state index is 12.5. The van der Waals surface area contributed by atoms with Crippen LogP contribution in [-0.4, -0.2) is 41.1 Å². The Balaban J connectivity index is 1.76. The number of nitrogens with zero attached hydrogens (tertiary/aromatic N) is 1. The van der Waals surface area contributed by atoms with Crippen molar-refractivity contribution in [1.29, 1.82) is 0 Å². The van der Waals surface area contributed by atoms with E-state index >= 15 is 0 Å². The second-order valence-electron chi connectivity index (χ2n) is 5.68. The number of rotatable bonds is 2. The Labute approximate surface area is 134 Å². The van der Waals surface area contributed by atoms with E-state index in [0.29, 0.717) is 21.6 Å². The number of thioether (sulfide) groups is 1. The lowest BCUT2D eigenvalue weighted by Gasteiger charge is -2.21. The predicted octanol–water partition coefficient (Wildman–Crippen LogP) is 2.27. The summed E-state index contributed by atoms with van der Waals surface area (Å²) in [7, 11) is -3.02. The molecule has 3 rings (SSSR count). The van der Waals surface area contributed by atoms with Crippen molar-refractivity contribution in [2.75, 3.05) is 11.5 Å². The summed E-state index contributed by atoms with van der Waals surface area (Å²) >= 11 is 6.60. The zero-order valence-electron chi connectivity index (χ0n) is 11.5. The van der Waals surface area contributed by atoms with Crippen LogP contribution in [-0.2, 0) is 14.6 Å². The fraction of sp³-hybridized carbons (Fsp3) is 0.571. The zero-order valence-corrected chi connectivity index (χ0v) is 14.0. The highest BCUT2D eigenvalue weighted by Crippen LogP contribution is 2.37. The van der Waals surface area contributed by atoms with E-state index in [1.165, 1.54) is 16.7 Å². The standard InChI is InChI=1S/C14H17NO3S3/c16-13-12(8-10-4-2-1-3-5-10)20-14(19)15(13)11-6-7-21(17,18)9-11/h1-2,8,10-11H,3-7,9H2/b12-8-/t10-,11-/m0/s1. The van der Waals surface area contributed by atoms with E-state index < -0.39 is 9.84 Å². The quantitative estimate of drug-likeness (QED) is 0.437. The van der Waals surface area contributed by atoms with Gasteiger partial charge in [0.25, 0.3) is 5.91 Å². The summed E-state index contributed by atoms with van der Waals surface area (Å²) in [6.07, 6.45) is 9.89. The molecule has 3 aliphatic rings. The summed E-state index contributed by atoms with van der Waals surface area (Å²) in [5.41, 5.74) is 0. The molecule has 0 aromatic rings. The van der Waals surface area contributed by atoms with Crippen LogP contribution >= 0.6 is 24.0 Å². The van der Waals surface area contributed by atoms with Crippen LogP contribution in [0.1, 0.15) is 25.7 Å². The molecule has 0 aromatic heterocycles. The van der Waals surface area contributed by atoms with E-state index in [2.05, 4.69) is 12.2 Å². The first kappa shape index (κ1) is 15.2. The third kappa shape index (κ3) is 3.24. The van der Waals surface area contributed by atoms with Crippen molar-refractivity contribution in [2.24, 2.45) is 5.92 Å². The van der Waals surface area contributed by atoms with Gasteiger partial charge in [0, 0.05) is 0 Å². The smallest absolute Gasteiger partial charge is 0.266 e. The van der Waals surface area contributed by atoms with Gasteiger partial charge in [-0.05, 0) is 31.6 Å². The maximum atomic E-state index is 12.5. The molecule has 0 N–H and O–H groups in total. The van der Waals surface area contributed by atoms with E-state index in [1.807, 2.05) is 6.08 Å². The molecule has 0 aromatic carbocycles. The Kier molecular flexibility index (Phi) is 4.25. The fourth-order valence-corrected chi connectivity index (χ4v) is 6.14. The zero-order chi connectivity index (χ0) is 15.0. The number of amides is 1. The van der Waals surface area contributed by atoms with Crippen LogP contribution in [0.4, 0.5) is 0 Å². The molecule has 1 amide bonds. The van der Waals surface area contributed by atoms with Crippen LogP contribution < -0.4 is 0 Å². The van der Waals surface area contributed by atoms with E-state index in [4.69, 9.17) is 12.2 Å². The highest BCUT2D eigenvalue weighted by atomic mass is 32.2. The molecule has 2 atom stereocenters. The molecule has 2 aliphatic heterocycles. The molecule has 0 unspecified atom stereocenters. The Morgan fingerprint density at radius 3 is 2.76 bits per heavy atom. The SMILES string of the molecule is O=C1/C(=C/[C@H]2CC=CCC2)SC(=S)N1[C@H]1CCS(=O)(=O)C1. The Morgan fingerprint density at radius 1 is 1.33 bits per heavy atom. The van der Waals surface area contributed by atoms with Gasteiger partial charge < -0.3 is 0 Å². The van der Waals surface area contributed by atoms with Crippen LogP contribution in [0.25, 0.3) is 0 Å². The van der Waals surface area contributed by atoms with Gasteiger partial charge in [-0.25, -0.2) is 8.42 Å². The third-order valence-corrected chi connectivity index (χ3v) is 7.19. The molecule has 2 fully saturated rings. The van der Waals surface area contributed by atoms with Crippen LogP contribution in [0.15, 0.2) is 23.1 Å². The lowest BCUT2D eigenvalue weighted by molar-refractivity contribution is -0.123. The van der Waals surface area contributed by atoms with E-state index in [-0.39, 0.29) is 23.5 Å². The van der Waals surface area contributed by atoms with Crippen molar-refractivity contribution in [3.05, 3.63) is 23.1 Å². The molecular weight excluding hydrogens is 326 g/mol. The topological polar surface area (TPSA) is 54.5 Å². The lowest BCUT2D eigenvalue weighted by atomic mass is 9.94. The molecule has 2 saturated heterocycles. The van der Waals surface area contributed by atoms with Crippen LogP contribution in [0, 0.1) is 5.92 Å². The normalized spacial score (nSPS) is 34.1. The van der Waals surface area contributed by atoms with E-state index in [1.54, 1.807) is 0 Å². The maximum Gasteiger partial charge on any atom is 0.266 e. The Bertz CT molecular complexity index is 636. The van der Waals surface area contributed by atoms with Gasteiger partial charge in [-0.2, -0.15) is 0 Å². The minimum Gasteiger partial charge on any atom is -0.289 e. The summed E-state index contributed by atoms with van der Waals surface area (Å²) in [5.74, 6) is 0.471. The molecular formula is C14H17NO3S3. The van der Waals surface area contributed by atoms with Crippen molar-refractivity contribution in [2.45, 2.75) is 31.7 Å². The third-order valence-electron chi connectivity index (χ3n) is 4.09.